The summed E-state index contributed by atoms with van der Waals surface area (Å²) in [6, 6.07) is 5.58. The van der Waals surface area contributed by atoms with Gasteiger partial charge in [-0.2, -0.15) is 10.2 Å². The van der Waals surface area contributed by atoms with Crippen LogP contribution in [0.15, 0.2) is 36.0 Å². The molecule has 120 valence electrons. The second kappa shape index (κ2) is 5.98. The molecule has 0 saturated heterocycles. The number of nitrogens with one attached hydrogen (secondary N) is 2. The minimum absolute atomic E-state index is 0.0682. The summed E-state index contributed by atoms with van der Waals surface area (Å²) in [7, 11) is 1.77. The molecule has 0 aliphatic rings. The maximum Gasteiger partial charge on any atom is 0.271 e. The second-order valence-electron chi connectivity index (χ2n) is 5.50. The summed E-state index contributed by atoms with van der Waals surface area (Å²) >= 11 is 1.57. The van der Waals surface area contributed by atoms with Crippen LogP contribution in [0.3, 0.4) is 0 Å². The van der Waals surface area contributed by atoms with Crippen molar-refractivity contribution in [3.05, 3.63) is 47.2 Å². The van der Waals surface area contributed by atoms with Gasteiger partial charge < -0.3 is 10.4 Å². The molecule has 0 aliphatic heterocycles. The van der Waals surface area contributed by atoms with Crippen molar-refractivity contribution >= 4 is 17.2 Å². The Kier molecular flexibility index (Phi) is 4.01. The fourth-order valence-electron chi connectivity index (χ4n) is 2.14. The summed E-state index contributed by atoms with van der Waals surface area (Å²) < 4.78 is 1.60. The van der Waals surface area contributed by atoms with Crippen LogP contribution in [0.4, 0.5) is 0 Å². The lowest BCUT2D eigenvalue weighted by molar-refractivity contribution is 0.0524. The highest BCUT2D eigenvalue weighted by atomic mass is 32.1. The van der Waals surface area contributed by atoms with Crippen LogP contribution >= 0.6 is 11.3 Å². The van der Waals surface area contributed by atoms with Crippen molar-refractivity contribution in [3.8, 4) is 10.6 Å². The average molecular weight is 331 g/mol. The fourth-order valence-corrected chi connectivity index (χ4v) is 2.83. The Balaban J connectivity index is 1.65. The van der Waals surface area contributed by atoms with Crippen molar-refractivity contribution in [2.24, 2.45) is 7.05 Å². The van der Waals surface area contributed by atoms with Crippen molar-refractivity contribution in [2.45, 2.75) is 12.5 Å². The molecule has 3 heterocycles. The van der Waals surface area contributed by atoms with Crippen LogP contribution in [-0.4, -0.2) is 37.5 Å². The van der Waals surface area contributed by atoms with Crippen molar-refractivity contribution in [1.29, 1.82) is 0 Å². The minimum Gasteiger partial charge on any atom is -0.383 e. The zero-order valence-electron chi connectivity index (χ0n) is 12.8. The lowest BCUT2D eigenvalue weighted by Gasteiger charge is -2.21. The molecule has 7 nitrogen and oxygen atoms in total. The van der Waals surface area contributed by atoms with Gasteiger partial charge in [-0.05, 0) is 24.4 Å². The number of H-pyrrole nitrogens is 1. The number of carbonyl (C=O) groups excluding carboxylic acids is 1. The van der Waals surface area contributed by atoms with Crippen LogP contribution in [0, 0.1) is 0 Å². The Hall–Kier alpha value is -2.45. The number of amides is 1. The van der Waals surface area contributed by atoms with E-state index in [1.165, 1.54) is 0 Å². The summed E-state index contributed by atoms with van der Waals surface area (Å²) in [5.74, 6) is -0.340. The number of carbonyl (C=O) groups is 1. The summed E-state index contributed by atoms with van der Waals surface area (Å²) in [5.41, 5.74) is 0.526. The van der Waals surface area contributed by atoms with Crippen LogP contribution in [0.5, 0.6) is 0 Å². The second-order valence-corrected chi connectivity index (χ2v) is 6.45. The van der Waals surface area contributed by atoms with Crippen LogP contribution in [0.1, 0.15) is 23.0 Å². The van der Waals surface area contributed by atoms with Crippen molar-refractivity contribution in [3.63, 3.8) is 0 Å². The number of aromatic amines is 1. The van der Waals surface area contributed by atoms with Crippen LogP contribution < -0.4 is 5.32 Å². The van der Waals surface area contributed by atoms with Gasteiger partial charge in [-0.15, -0.1) is 11.3 Å². The normalized spacial score (nSPS) is 13.7. The van der Waals surface area contributed by atoms with E-state index in [4.69, 9.17) is 0 Å². The maximum atomic E-state index is 12.2. The molecule has 1 amide bonds. The fraction of sp³-hybridized carbons (Fsp3) is 0.267. The van der Waals surface area contributed by atoms with Crippen LogP contribution in [0.2, 0.25) is 0 Å². The number of aryl methyl sites for hydroxylation is 1. The lowest BCUT2D eigenvalue weighted by atomic mass is 10.00. The summed E-state index contributed by atoms with van der Waals surface area (Å²) in [5, 5.41) is 26.0. The molecule has 3 aromatic heterocycles. The van der Waals surface area contributed by atoms with Crippen LogP contribution in [0.25, 0.3) is 10.6 Å². The maximum absolute atomic E-state index is 12.2. The molecule has 3 N–H and O–H groups in total. The Labute approximate surface area is 137 Å². The first-order valence-corrected chi connectivity index (χ1v) is 7.93. The SMILES string of the molecule is Cn1cc(C(C)(O)CNC(=O)c2cc(-c3cccs3)[nH]n2)cn1. The number of thiophene rings is 1. The number of nitrogens with zero attached hydrogens (tertiary/aromatic N) is 3. The molecule has 0 saturated carbocycles. The number of rotatable bonds is 5. The van der Waals surface area contributed by atoms with Gasteiger partial charge >= 0.3 is 0 Å². The lowest BCUT2D eigenvalue weighted by Crippen LogP contribution is -2.38. The summed E-state index contributed by atoms with van der Waals surface area (Å²) in [6.45, 7) is 1.70. The molecular formula is C15H17N5O2S. The van der Waals surface area contributed by atoms with E-state index >= 15 is 0 Å². The molecule has 0 spiro atoms. The van der Waals surface area contributed by atoms with Gasteiger partial charge in [-0.1, -0.05) is 6.07 Å². The van der Waals surface area contributed by atoms with E-state index in [2.05, 4.69) is 20.6 Å². The smallest absolute Gasteiger partial charge is 0.271 e. The number of aliphatic hydroxyl groups is 1. The van der Waals surface area contributed by atoms with E-state index in [1.54, 1.807) is 48.5 Å². The first kappa shape index (κ1) is 15.4. The molecule has 0 fully saturated rings. The zero-order valence-corrected chi connectivity index (χ0v) is 13.6. The van der Waals surface area contributed by atoms with Gasteiger partial charge in [0.2, 0.25) is 0 Å². The highest BCUT2D eigenvalue weighted by Crippen LogP contribution is 2.23. The molecule has 0 bridgehead atoms. The zero-order chi connectivity index (χ0) is 16.4. The van der Waals surface area contributed by atoms with Gasteiger partial charge in [0.05, 0.1) is 23.3 Å². The molecule has 0 aliphatic carbocycles. The molecule has 1 unspecified atom stereocenters. The molecule has 0 aromatic carbocycles. The number of hydrogen-bond acceptors (Lipinski definition) is 5. The quantitative estimate of drug-likeness (QED) is 0.660. The number of hydrogen-bond donors (Lipinski definition) is 3. The van der Waals surface area contributed by atoms with Gasteiger partial charge in [0.25, 0.3) is 5.91 Å². The first-order chi connectivity index (χ1) is 11.0. The predicted molar refractivity (Wildman–Crippen MR) is 87.0 cm³/mol. The van der Waals surface area contributed by atoms with Gasteiger partial charge in [-0.25, -0.2) is 0 Å². The first-order valence-electron chi connectivity index (χ1n) is 7.05. The molecular weight excluding hydrogens is 314 g/mol. The van der Waals surface area contributed by atoms with Gasteiger partial charge in [0.1, 0.15) is 5.60 Å². The van der Waals surface area contributed by atoms with Crippen molar-refractivity contribution in [2.75, 3.05) is 6.54 Å². The minimum atomic E-state index is -1.20. The highest BCUT2D eigenvalue weighted by Gasteiger charge is 2.26. The van der Waals surface area contributed by atoms with Crippen molar-refractivity contribution < 1.29 is 9.90 Å². The third-order valence-electron chi connectivity index (χ3n) is 3.52. The largest absolute Gasteiger partial charge is 0.383 e. The van der Waals surface area contributed by atoms with E-state index in [1.807, 2.05) is 17.5 Å². The van der Waals surface area contributed by atoms with E-state index in [0.29, 0.717) is 5.56 Å². The third-order valence-corrected chi connectivity index (χ3v) is 4.42. The molecule has 23 heavy (non-hydrogen) atoms. The van der Waals surface area contributed by atoms with Crippen LogP contribution in [-0.2, 0) is 12.6 Å². The van der Waals surface area contributed by atoms with Gasteiger partial charge in [-0.3, -0.25) is 14.6 Å². The third kappa shape index (κ3) is 3.33. The molecule has 1 atom stereocenters. The Bertz CT molecular complexity index is 804. The van der Waals surface area contributed by atoms with Gasteiger partial charge in [0, 0.05) is 18.8 Å². The standard InChI is InChI=1S/C15H17N5O2S/c1-15(22,10-7-17-20(2)8-10)9-16-14(21)12-6-11(18-19-12)13-4-3-5-23-13/h3-8,22H,9H2,1-2H3,(H,16,21)(H,18,19). The molecule has 3 aromatic rings. The molecule has 0 radical (unpaired) electrons. The van der Waals surface area contributed by atoms with E-state index < -0.39 is 5.60 Å². The number of aromatic nitrogens is 4. The predicted octanol–water partition coefficient (Wildman–Crippen LogP) is 1.51. The Morgan fingerprint density at radius 2 is 2.39 bits per heavy atom. The molecule has 3 rings (SSSR count). The highest BCUT2D eigenvalue weighted by molar-refractivity contribution is 7.13. The summed E-state index contributed by atoms with van der Waals surface area (Å²) in [6.07, 6.45) is 3.30. The Morgan fingerprint density at radius 1 is 1.57 bits per heavy atom. The summed E-state index contributed by atoms with van der Waals surface area (Å²) in [4.78, 5) is 13.2. The molecule has 8 heteroatoms. The topological polar surface area (TPSA) is 95.8 Å². The average Bonchev–Trinajstić information content (AvgIpc) is 3.24. The monoisotopic (exact) mass is 331 g/mol. The van der Waals surface area contributed by atoms with E-state index in [9.17, 15) is 9.90 Å². The van der Waals surface area contributed by atoms with Crippen molar-refractivity contribution in [1.82, 2.24) is 25.3 Å². The van der Waals surface area contributed by atoms with Gasteiger partial charge in [0.15, 0.2) is 5.69 Å². The van der Waals surface area contributed by atoms with E-state index in [0.717, 1.165) is 10.6 Å². The van der Waals surface area contributed by atoms with E-state index in [-0.39, 0.29) is 18.1 Å². The Morgan fingerprint density at radius 3 is 3.04 bits per heavy atom.